The van der Waals surface area contributed by atoms with Crippen LogP contribution in [0.4, 0.5) is 8.78 Å². The van der Waals surface area contributed by atoms with E-state index in [9.17, 15) is 22.0 Å². The number of halogens is 3. The minimum Gasteiger partial charge on any atom is -0.349 e. The first-order chi connectivity index (χ1) is 11.7. The van der Waals surface area contributed by atoms with E-state index in [0.717, 1.165) is 16.6 Å². The molecule has 0 fully saturated rings. The van der Waals surface area contributed by atoms with Crippen LogP contribution < -0.4 is 5.32 Å². The van der Waals surface area contributed by atoms with Crippen molar-refractivity contribution >= 4 is 31.7 Å². The Labute approximate surface area is 153 Å². The fourth-order valence-electron chi connectivity index (χ4n) is 2.28. The quantitative estimate of drug-likeness (QED) is 0.760. The zero-order chi connectivity index (χ0) is 18.6. The number of benzene rings is 2. The molecule has 1 N–H and O–H groups in total. The van der Waals surface area contributed by atoms with Crippen molar-refractivity contribution in [2.24, 2.45) is 0 Å². The first-order valence-electron chi connectivity index (χ1n) is 7.35. The van der Waals surface area contributed by atoms with Crippen molar-refractivity contribution in [3.63, 3.8) is 0 Å². The molecule has 0 saturated heterocycles. The van der Waals surface area contributed by atoms with Gasteiger partial charge in [-0.3, -0.25) is 4.79 Å². The number of hydrogen-bond donors (Lipinski definition) is 1. The highest BCUT2D eigenvalue weighted by molar-refractivity contribution is 9.10. The molecule has 1 atom stereocenters. The second-order valence-electron chi connectivity index (χ2n) is 5.62. The highest BCUT2D eigenvalue weighted by Crippen LogP contribution is 2.17. The maximum absolute atomic E-state index is 13.2. The second-order valence-corrected chi connectivity index (χ2v) is 8.61. The van der Waals surface area contributed by atoms with Gasteiger partial charge in [-0.25, -0.2) is 17.2 Å². The predicted molar refractivity (Wildman–Crippen MR) is 94.5 cm³/mol. The van der Waals surface area contributed by atoms with Crippen LogP contribution in [0.25, 0.3) is 0 Å². The molecule has 0 aliphatic heterocycles. The number of rotatable bonds is 6. The molecule has 0 bridgehead atoms. The Balaban J connectivity index is 1.99. The minimum atomic E-state index is -3.66. The van der Waals surface area contributed by atoms with Crippen LogP contribution in [0, 0.1) is 11.6 Å². The van der Waals surface area contributed by atoms with E-state index < -0.39 is 39.2 Å². The topological polar surface area (TPSA) is 63.2 Å². The van der Waals surface area contributed by atoms with Crippen molar-refractivity contribution in [2.75, 3.05) is 5.75 Å². The van der Waals surface area contributed by atoms with Gasteiger partial charge in [0.15, 0.2) is 21.5 Å². The van der Waals surface area contributed by atoms with E-state index in [0.29, 0.717) is 11.1 Å². The van der Waals surface area contributed by atoms with Gasteiger partial charge in [-0.2, -0.15) is 0 Å². The summed E-state index contributed by atoms with van der Waals surface area (Å²) < 4.78 is 51.2. The highest BCUT2D eigenvalue weighted by atomic mass is 79.9. The van der Waals surface area contributed by atoms with E-state index >= 15 is 0 Å². The standard InChI is InChI=1S/C17H16BrF2NO3S/c1-11(13-5-6-15(19)16(20)8-13)21-17(22)10-25(23,24)9-12-3-2-4-14(18)7-12/h2-8,11H,9-10H2,1H3,(H,21,22)/t11-/m0/s1. The highest BCUT2D eigenvalue weighted by Gasteiger charge is 2.20. The van der Waals surface area contributed by atoms with Gasteiger partial charge in [0.05, 0.1) is 11.8 Å². The Bertz CT molecular complexity index is 887. The molecule has 25 heavy (non-hydrogen) atoms. The molecule has 0 saturated carbocycles. The molecule has 0 unspecified atom stereocenters. The Morgan fingerprint density at radius 3 is 2.52 bits per heavy atom. The van der Waals surface area contributed by atoms with Gasteiger partial charge < -0.3 is 5.32 Å². The van der Waals surface area contributed by atoms with Crippen LogP contribution in [0.2, 0.25) is 0 Å². The Kier molecular flexibility index (Phi) is 6.29. The zero-order valence-electron chi connectivity index (χ0n) is 13.3. The molecule has 0 spiro atoms. The molecule has 134 valence electrons. The zero-order valence-corrected chi connectivity index (χ0v) is 15.7. The van der Waals surface area contributed by atoms with E-state index in [1.165, 1.54) is 6.07 Å². The summed E-state index contributed by atoms with van der Waals surface area (Å²) in [4.78, 5) is 12.0. The van der Waals surface area contributed by atoms with Gasteiger partial charge in [0.1, 0.15) is 5.75 Å². The molecule has 0 aromatic heterocycles. The summed E-state index contributed by atoms with van der Waals surface area (Å²) in [6.07, 6.45) is 0. The molecule has 1 amide bonds. The van der Waals surface area contributed by atoms with E-state index in [2.05, 4.69) is 21.2 Å². The lowest BCUT2D eigenvalue weighted by atomic mass is 10.1. The van der Waals surface area contributed by atoms with Crippen LogP contribution in [0.3, 0.4) is 0 Å². The monoisotopic (exact) mass is 431 g/mol. The van der Waals surface area contributed by atoms with Crippen LogP contribution in [0.5, 0.6) is 0 Å². The Hall–Kier alpha value is -1.80. The third kappa shape index (κ3) is 5.89. The number of carbonyl (C=O) groups is 1. The SMILES string of the molecule is C[C@H](NC(=O)CS(=O)(=O)Cc1cccc(Br)c1)c1ccc(F)c(F)c1. The summed E-state index contributed by atoms with van der Waals surface area (Å²) in [7, 11) is -3.66. The van der Waals surface area contributed by atoms with E-state index in [1.54, 1.807) is 31.2 Å². The molecule has 4 nitrogen and oxygen atoms in total. The molecule has 2 rings (SSSR count). The van der Waals surface area contributed by atoms with Crippen LogP contribution in [0.1, 0.15) is 24.1 Å². The molecule has 2 aromatic rings. The van der Waals surface area contributed by atoms with Crippen molar-refractivity contribution in [3.05, 3.63) is 69.7 Å². The van der Waals surface area contributed by atoms with Crippen molar-refractivity contribution in [2.45, 2.75) is 18.7 Å². The molecule has 2 aromatic carbocycles. The van der Waals surface area contributed by atoms with Crippen molar-refractivity contribution in [1.29, 1.82) is 0 Å². The molecule has 0 radical (unpaired) electrons. The lowest BCUT2D eigenvalue weighted by Gasteiger charge is -2.15. The smallest absolute Gasteiger partial charge is 0.235 e. The van der Waals surface area contributed by atoms with Gasteiger partial charge in [0.25, 0.3) is 0 Å². The third-order valence-electron chi connectivity index (χ3n) is 3.45. The van der Waals surface area contributed by atoms with Crippen LogP contribution in [-0.4, -0.2) is 20.1 Å². The lowest BCUT2D eigenvalue weighted by Crippen LogP contribution is -2.32. The van der Waals surface area contributed by atoms with E-state index in [-0.39, 0.29) is 5.75 Å². The number of carbonyl (C=O) groups excluding carboxylic acids is 1. The molecular formula is C17H16BrF2NO3S. The maximum atomic E-state index is 13.2. The Morgan fingerprint density at radius 1 is 1.16 bits per heavy atom. The summed E-state index contributed by atoms with van der Waals surface area (Å²) in [6.45, 7) is 1.56. The van der Waals surface area contributed by atoms with Crippen molar-refractivity contribution in [1.82, 2.24) is 5.32 Å². The lowest BCUT2D eigenvalue weighted by molar-refractivity contribution is -0.119. The van der Waals surface area contributed by atoms with Gasteiger partial charge >= 0.3 is 0 Å². The van der Waals surface area contributed by atoms with Crippen LogP contribution in [-0.2, 0) is 20.4 Å². The molecule has 0 aliphatic carbocycles. The Morgan fingerprint density at radius 2 is 1.88 bits per heavy atom. The summed E-state index contributed by atoms with van der Waals surface area (Å²) in [5.74, 6) is -3.67. The fourth-order valence-corrected chi connectivity index (χ4v) is 4.00. The normalized spacial score (nSPS) is 12.6. The first kappa shape index (κ1) is 19.5. The fraction of sp³-hybridized carbons (Fsp3) is 0.235. The average molecular weight is 432 g/mol. The number of hydrogen-bond acceptors (Lipinski definition) is 3. The largest absolute Gasteiger partial charge is 0.349 e. The number of sulfone groups is 1. The predicted octanol–water partition coefficient (Wildman–Crippen LogP) is 3.52. The number of amides is 1. The molecule has 0 heterocycles. The molecule has 0 aliphatic rings. The molecular weight excluding hydrogens is 416 g/mol. The van der Waals surface area contributed by atoms with Crippen LogP contribution >= 0.6 is 15.9 Å². The van der Waals surface area contributed by atoms with Crippen molar-refractivity contribution < 1.29 is 22.0 Å². The summed E-state index contributed by atoms with van der Waals surface area (Å²) >= 11 is 3.26. The van der Waals surface area contributed by atoms with Gasteiger partial charge in [0, 0.05) is 4.47 Å². The first-order valence-corrected chi connectivity index (χ1v) is 9.97. The maximum Gasteiger partial charge on any atom is 0.235 e. The third-order valence-corrected chi connectivity index (χ3v) is 5.42. The number of nitrogens with one attached hydrogen (secondary N) is 1. The summed E-state index contributed by atoms with van der Waals surface area (Å²) in [5, 5.41) is 2.48. The second kappa shape index (κ2) is 8.05. The van der Waals surface area contributed by atoms with Gasteiger partial charge in [0.2, 0.25) is 5.91 Å². The minimum absolute atomic E-state index is 0.264. The van der Waals surface area contributed by atoms with E-state index in [4.69, 9.17) is 0 Å². The van der Waals surface area contributed by atoms with E-state index in [1.807, 2.05) is 0 Å². The van der Waals surface area contributed by atoms with Crippen molar-refractivity contribution in [3.8, 4) is 0 Å². The van der Waals surface area contributed by atoms with Crippen LogP contribution in [0.15, 0.2) is 46.9 Å². The van der Waals surface area contributed by atoms with Gasteiger partial charge in [-0.05, 0) is 42.3 Å². The average Bonchev–Trinajstić information content (AvgIpc) is 2.48. The summed E-state index contributed by atoms with van der Waals surface area (Å²) in [5.41, 5.74) is 0.910. The van der Waals surface area contributed by atoms with Gasteiger partial charge in [-0.15, -0.1) is 0 Å². The summed E-state index contributed by atoms with van der Waals surface area (Å²) in [6, 6.07) is 9.41. The van der Waals surface area contributed by atoms with Gasteiger partial charge in [-0.1, -0.05) is 34.1 Å². The molecule has 8 heteroatoms.